The van der Waals surface area contributed by atoms with Crippen molar-refractivity contribution < 1.29 is 9.53 Å². The SMILES string of the molecule is CCC[C@H](C)NC(=O)CSc1nc2ccccc2c(=O)n1C[C@@H]1CCCO1. The van der Waals surface area contributed by atoms with Crippen molar-refractivity contribution in [2.75, 3.05) is 12.4 Å². The lowest BCUT2D eigenvalue weighted by Crippen LogP contribution is -2.34. The first kappa shape index (κ1) is 19.9. The summed E-state index contributed by atoms with van der Waals surface area (Å²) >= 11 is 1.31. The Morgan fingerprint density at radius 2 is 2.26 bits per heavy atom. The van der Waals surface area contributed by atoms with Crippen LogP contribution in [0.25, 0.3) is 10.9 Å². The third kappa shape index (κ3) is 5.11. The summed E-state index contributed by atoms with van der Waals surface area (Å²) in [5.41, 5.74) is 0.590. The van der Waals surface area contributed by atoms with Crippen molar-refractivity contribution in [3.8, 4) is 0 Å². The Hall–Kier alpha value is -1.86. The van der Waals surface area contributed by atoms with Crippen LogP contribution in [0.1, 0.15) is 39.5 Å². The minimum Gasteiger partial charge on any atom is -0.376 e. The molecule has 6 nitrogen and oxygen atoms in total. The molecule has 2 heterocycles. The fraction of sp³-hybridized carbons (Fsp3) is 0.550. The molecule has 1 amide bonds. The predicted octanol–water partition coefficient (Wildman–Crippen LogP) is 2.97. The maximum absolute atomic E-state index is 13.0. The highest BCUT2D eigenvalue weighted by atomic mass is 32.2. The molecule has 0 saturated carbocycles. The molecule has 1 N–H and O–H groups in total. The molecule has 1 aromatic carbocycles. The van der Waals surface area contributed by atoms with Gasteiger partial charge in [-0.3, -0.25) is 14.2 Å². The Balaban J connectivity index is 1.81. The number of nitrogens with zero attached hydrogens (tertiary/aromatic N) is 2. The monoisotopic (exact) mass is 389 g/mol. The number of aromatic nitrogens is 2. The van der Waals surface area contributed by atoms with Crippen LogP contribution in [0.15, 0.2) is 34.2 Å². The first-order valence-corrected chi connectivity index (χ1v) is 10.6. The second kappa shape index (κ2) is 9.37. The zero-order valence-electron chi connectivity index (χ0n) is 15.9. The Labute approximate surface area is 163 Å². The quantitative estimate of drug-likeness (QED) is 0.555. The normalized spacial score (nSPS) is 17.9. The van der Waals surface area contributed by atoms with E-state index >= 15 is 0 Å². The van der Waals surface area contributed by atoms with E-state index in [-0.39, 0.29) is 29.4 Å². The van der Waals surface area contributed by atoms with Crippen molar-refractivity contribution in [2.45, 2.75) is 63.4 Å². The van der Waals surface area contributed by atoms with Gasteiger partial charge in [0.1, 0.15) is 0 Å². The third-order valence-electron chi connectivity index (χ3n) is 4.70. The third-order valence-corrected chi connectivity index (χ3v) is 5.67. The average molecular weight is 390 g/mol. The van der Waals surface area contributed by atoms with E-state index in [4.69, 9.17) is 4.74 Å². The molecule has 2 atom stereocenters. The molecular weight excluding hydrogens is 362 g/mol. The minimum atomic E-state index is -0.0710. The molecule has 0 bridgehead atoms. The zero-order chi connectivity index (χ0) is 19.2. The fourth-order valence-corrected chi connectivity index (χ4v) is 4.18. The lowest BCUT2D eigenvalue weighted by Gasteiger charge is -2.17. The van der Waals surface area contributed by atoms with E-state index in [0.717, 1.165) is 32.3 Å². The van der Waals surface area contributed by atoms with E-state index in [1.807, 2.05) is 25.1 Å². The van der Waals surface area contributed by atoms with E-state index in [1.165, 1.54) is 11.8 Å². The van der Waals surface area contributed by atoms with Crippen LogP contribution in [0.3, 0.4) is 0 Å². The van der Waals surface area contributed by atoms with Gasteiger partial charge in [-0.1, -0.05) is 37.2 Å². The minimum absolute atomic E-state index is 0.0309. The number of hydrogen-bond acceptors (Lipinski definition) is 5. The average Bonchev–Trinajstić information content (AvgIpc) is 3.16. The number of thioether (sulfide) groups is 1. The summed E-state index contributed by atoms with van der Waals surface area (Å²) in [7, 11) is 0. The number of carbonyl (C=O) groups is 1. The lowest BCUT2D eigenvalue weighted by atomic mass is 10.2. The van der Waals surface area contributed by atoms with Crippen LogP contribution >= 0.6 is 11.8 Å². The molecule has 0 spiro atoms. The van der Waals surface area contributed by atoms with Gasteiger partial charge in [0.2, 0.25) is 5.91 Å². The van der Waals surface area contributed by atoms with Crippen LogP contribution in [-0.4, -0.2) is 40.0 Å². The maximum Gasteiger partial charge on any atom is 0.262 e. The molecule has 0 unspecified atom stereocenters. The van der Waals surface area contributed by atoms with Crippen molar-refractivity contribution in [1.29, 1.82) is 0 Å². The molecule has 146 valence electrons. The number of para-hydroxylation sites is 1. The lowest BCUT2D eigenvalue weighted by molar-refractivity contribution is -0.119. The number of nitrogens with one attached hydrogen (secondary N) is 1. The van der Waals surface area contributed by atoms with E-state index in [0.29, 0.717) is 22.6 Å². The molecule has 27 heavy (non-hydrogen) atoms. The molecule has 1 saturated heterocycles. The van der Waals surface area contributed by atoms with E-state index in [1.54, 1.807) is 10.6 Å². The standard InChI is InChI=1S/C20H27N3O3S/c1-3-7-14(2)21-18(24)13-27-20-22-17-10-5-4-9-16(17)19(25)23(20)12-15-8-6-11-26-15/h4-5,9-10,14-15H,3,6-8,11-13H2,1-2H3,(H,21,24)/t14-,15-/m0/s1. The van der Waals surface area contributed by atoms with Gasteiger partial charge in [-0.05, 0) is 38.3 Å². The zero-order valence-corrected chi connectivity index (χ0v) is 16.8. The van der Waals surface area contributed by atoms with Gasteiger partial charge in [0.05, 0.1) is 29.3 Å². The summed E-state index contributed by atoms with van der Waals surface area (Å²) in [6, 6.07) is 7.50. The Bertz CT molecular complexity index is 846. The number of ether oxygens (including phenoxy) is 1. The van der Waals surface area contributed by atoms with Crippen LogP contribution in [0.2, 0.25) is 0 Å². The topological polar surface area (TPSA) is 73.2 Å². The summed E-state index contributed by atoms with van der Waals surface area (Å²) in [6.45, 7) is 5.32. The van der Waals surface area contributed by atoms with E-state index in [2.05, 4.69) is 17.2 Å². The molecule has 1 fully saturated rings. The second-order valence-electron chi connectivity index (χ2n) is 7.01. The van der Waals surface area contributed by atoms with Crippen LogP contribution in [-0.2, 0) is 16.1 Å². The molecule has 1 aliphatic rings. The predicted molar refractivity (Wildman–Crippen MR) is 108 cm³/mol. The highest BCUT2D eigenvalue weighted by Crippen LogP contribution is 2.21. The number of rotatable bonds is 8. The van der Waals surface area contributed by atoms with Gasteiger partial charge in [0.15, 0.2) is 5.16 Å². The number of benzene rings is 1. The first-order chi connectivity index (χ1) is 13.1. The fourth-order valence-electron chi connectivity index (χ4n) is 3.36. The summed E-state index contributed by atoms with van der Waals surface area (Å²) in [4.78, 5) is 29.9. The summed E-state index contributed by atoms with van der Waals surface area (Å²) in [5.74, 6) is 0.205. The first-order valence-electron chi connectivity index (χ1n) is 9.61. The Morgan fingerprint density at radius 1 is 1.44 bits per heavy atom. The van der Waals surface area contributed by atoms with Crippen LogP contribution in [0, 0.1) is 0 Å². The molecule has 1 aromatic heterocycles. The summed E-state index contributed by atoms with van der Waals surface area (Å²) in [5, 5.41) is 4.17. The van der Waals surface area contributed by atoms with Crippen molar-refractivity contribution in [2.24, 2.45) is 0 Å². The molecular formula is C20H27N3O3S. The van der Waals surface area contributed by atoms with E-state index < -0.39 is 0 Å². The van der Waals surface area contributed by atoms with Gasteiger partial charge < -0.3 is 10.1 Å². The second-order valence-corrected chi connectivity index (χ2v) is 7.95. The molecule has 0 radical (unpaired) electrons. The maximum atomic E-state index is 13.0. The van der Waals surface area contributed by atoms with Crippen LogP contribution in [0.5, 0.6) is 0 Å². The molecule has 3 rings (SSSR count). The summed E-state index contributed by atoms with van der Waals surface area (Å²) < 4.78 is 7.38. The van der Waals surface area contributed by atoms with E-state index in [9.17, 15) is 9.59 Å². The van der Waals surface area contributed by atoms with Gasteiger partial charge >= 0.3 is 0 Å². The summed E-state index contributed by atoms with van der Waals surface area (Å²) in [6.07, 6.45) is 3.97. The number of carbonyl (C=O) groups excluding carboxylic acids is 1. The van der Waals surface area contributed by atoms with Crippen molar-refractivity contribution >= 4 is 28.6 Å². The molecule has 1 aliphatic heterocycles. The van der Waals surface area contributed by atoms with Gasteiger partial charge in [0, 0.05) is 12.6 Å². The Kier molecular flexibility index (Phi) is 6.90. The van der Waals surface area contributed by atoms with Crippen molar-refractivity contribution in [3.05, 3.63) is 34.6 Å². The highest BCUT2D eigenvalue weighted by molar-refractivity contribution is 7.99. The molecule has 7 heteroatoms. The van der Waals surface area contributed by atoms with Gasteiger partial charge in [-0.15, -0.1) is 0 Å². The molecule has 0 aliphatic carbocycles. The van der Waals surface area contributed by atoms with Gasteiger partial charge in [0.25, 0.3) is 5.56 Å². The van der Waals surface area contributed by atoms with Crippen LogP contribution < -0.4 is 10.9 Å². The van der Waals surface area contributed by atoms with Gasteiger partial charge in [-0.25, -0.2) is 4.98 Å². The number of amides is 1. The highest BCUT2D eigenvalue weighted by Gasteiger charge is 2.20. The number of fused-ring (bicyclic) bond motifs is 1. The van der Waals surface area contributed by atoms with Crippen molar-refractivity contribution in [3.63, 3.8) is 0 Å². The van der Waals surface area contributed by atoms with Gasteiger partial charge in [-0.2, -0.15) is 0 Å². The molecule has 2 aromatic rings. The largest absolute Gasteiger partial charge is 0.376 e. The smallest absolute Gasteiger partial charge is 0.262 e. The van der Waals surface area contributed by atoms with Crippen molar-refractivity contribution in [1.82, 2.24) is 14.9 Å². The number of hydrogen-bond donors (Lipinski definition) is 1. The van der Waals surface area contributed by atoms with Crippen LogP contribution in [0.4, 0.5) is 0 Å². The Morgan fingerprint density at radius 3 is 3.00 bits per heavy atom.